The van der Waals surface area contributed by atoms with Gasteiger partial charge in [-0.25, -0.2) is 10.0 Å². The van der Waals surface area contributed by atoms with Gasteiger partial charge >= 0.3 is 0 Å². The molecule has 53 heavy (non-hydrogen) atoms. The predicted molar refractivity (Wildman–Crippen MR) is 232 cm³/mol. The topological polar surface area (TPSA) is 18.5 Å². The highest BCUT2D eigenvalue weighted by Crippen LogP contribution is 2.72. The van der Waals surface area contributed by atoms with Crippen molar-refractivity contribution in [2.45, 2.75) is 105 Å². The third kappa shape index (κ3) is 7.51. The van der Waals surface area contributed by atoms with Gasteiger partial charge in [0.15, 0.2) is 0 Å². The second-order valence-electron chi connectivity index (χ2n) is 20.3. The van der Waals surface area contributed by atoms with E-state index in [0.717, 1.165) is 11.5 Å². The van der Waals surface area contributed by atoms with Crippen LogP contribution in [0.25, 0.3) is 11.1 Å². The summed E-state index contributed by atoms with van der Waals surface area (Å²) in [5.74, 6) is 6.87. The zero-order valence-corrected chi connectivity index (χ0v) is 36.6. The van der Waals surface area contributed by atoms with Gasteiger partial charge in [0.05, 0.1) is 14.2 Å². The van der Waals surface area contributed by atoms with Gasteiger partial charge in [-0.3, -0.25) is 0 Å². The number of ether oxygens (including phenoxy) is 2. The largest absolute Gasteiger partial charge is 0.496 e. The third-order valence-corrected chi connectivity index (χ3v) is 17.5. The van der Waals surface area contributed by atoms with Gasteiger partial charge in [0.2, 0.25) is 0 Å². The number of hydrogen-bond acceptors (Lipinski definition) is 2. The summed E-state index contributed by atoms with van der Waals surface area (Å²) < 4.78 is 13.0. The first-order valence-electron chi connectivity index (χ1n) is 20.7. The molecule has 2 aromatic carbocycles. The fourth-order valence-corrected chi connectivity index (χ4v) is 16.7. The fourth-order valence-electron chi connectivity index (χ4n) is 11.7. The van der Waals surface area contributed by atoms with E-state index in [1.807, 2.05) is 14.2 Å². The molecule has 4 aliphatic rings. The molecule has 0 N–H and O–H groups in total. The zero-order chi connectivity index (χ0) is 38.6. The maximum atomic E-state index is 6.49. The summed E-state index contributed by atoms with van der Waals surface area (Å²) in [5.41, 5.74) is 8.39. The first-order chi connectivity index (χ1) is 24.9. The van der Waals surface area contributed by atoms with Crippen LogP contribution in [-0.2, 0) is 9.47 Å². The van der Waals surface area contributed by atoms with E-state index in [4.69, 9.17) is 9.47 Å². The molecule has 6 rings (SSSR count). The minimum Gasteiger partial charge on any atom is -0.496 e. The van der Waals surface area contributed by atoms with Crippen molar-refractivity contribution in [1.29, 1.82) is 0 Å². The zero-order valence-electron chi connectivity index (χ0n) is 35.8. The average Bonchev–Trinajstić information content (AvgIpc) is 3.63. The number of hydrogen-bond donors (Lipinski definition) is 0. The minimum absolute atomic E-state index is 0.0191. The van der Waals surface area contributed by atoms with E-state index in [1.54, 1.807) is 0 Å². The smallest absolute Gasteiger partial charge is 0.126 e. The standard InChI is InChI=1S/C50H72O2S/c1-31(2)25-35-27-37-39(29-41(49(5,6)7)45(51-11)43(37)33-21-17-15-18-22-33)47(35)53(13,14)48-36(26-32(3)4)28-38-40(48)30-42(50(8,9)10)46(52-12)44(38)34-23-19-16-20-24-34/h15-24,29-32,35-40,47-48H,25-28H2,1-14H3. The number of benzene rings is 2. The Morgan fingerprint density at radius 1 is 0.585 bits per heavy atom. The van der Waals surface area contributed by atoms with Gasteiger partial charge in [-0.05, 0) is 129 Å². The van der Waals surface area contributed by atoms with E-state index in [2.05, 4.69) is 155 Å². The van der Waals surface area contributed by atoms with Gasteiger partial charge in [0.1, 0.15) is 11.5 Å². The highest BCUT2D eigenvalue weighted by atomic mass is 32.3. The number of methoxy groups -OCH3 is 2. The highest BCUT2D eigenvalue weighted by molar-refractivity contribution is 8.33. The maximum Gasteiger partial charge on any atom is 0.126 e. The molecule has 0 radical (unpaired) electrons. The third-order valence-electron chi connectivity index (χ3n) is 13.3. The van der Waals surface area contributed by atoms with Crippen molar-refractivity contribution in [3.63, 3.8) is 0 Å². The van der Waals surface area contributed by atoms with E-state index in [-0.39, 0.29) is 10.8 Å². The van der Waals surface area contributed by atoms with Crippen LogP contribution in [-0.4, -0.2) is 37.2 Å². The Labute approximate surface area is 326 Å². The van der Waals surface area contributed by atoms with Crippen LogP contribution in [0.15, 0.2) is 95.5 Å². The van der Waals surface area contributed by atoms with Crippen molar-refractivity contribution in [1.82, 2.24) is 0 Å². The molecule has 0 spiro atoms. The Morgan fingerprint density at radius 2 is 0.925 bits per heavy atom. The summed E-state index contributed by atoms with van der Waals surface area (Å²) in [6.07, 6.45) is 16.2. The van der Waals surface area contributed by atoms with Crippen LogP contribution >= 0.6 is 10.0 Å². The molecule has 8 unspecified atom stereocenters. The molecule has 0 saturated heterocycles. The highest BCUT2D eigenvalue weighted by Gasteiger charge is 2.58. The first kappa shape index (κ1) is 40.0. The molecule has 4 aliphatic carbocycles. The van der Waals surface area contributed by atoms with Crippen molar-refractivity contribution in [2.24, 2.45) is 58.2 Å². The lowest BCUT2D eigenvalue weighted by Gasteiger charge is -2.54. The first-order valence-corrected chi connectivity index (χ1v) is 23.3. The lowest BCUT2D eigenvalue weighted by molar-refractivity contribution is 0.274. The molecule has 290 valence electrons. The average molecular weight is 737 g/mol. The summed E-state index contributed by atoms with van der Waals surface area (Å²) in [6.45, 7) is 24.2. The molecule has 2 nitrogen and oxygen atoms in total. The molecule has 0 bridgehead atoms. The van der Waals surface area contributed by atoms with Gasteiger partial charge in [0, 0.05) is 11.1 Å². The van der Waals surface area contributed by atoms with Gasteiger partial charge in [-0.15, -0.1) is 0 Å². The number of allylic oxidation sites excluding steroid dienone is 6. The van der Waals surface area contributed by atoms with Crippen molar-refractivity contribution in [2.75, 3.05) is 26.7 Å². The number of fused-ring (bicyclic) bond motifs is 2. The summed E-state index contributed by atoms with van der Waals surface area (Å²) >= 11 is 0. The molecule has 0 amide bonds. The fraction of sp³-hybridized carbons (Fsp3) is 0.600. The van der Waals surface area contributed by atoms with Crippen LogP contribution in [0, 0.1) is 58.2 Å². The lowest BCUT2D eigenvalue weighted by atomic mass is 9.72. The van der Waals surface area contributed by atoms with Gasteiger partial charge in [-0.2, -0.15) is 0 Å². The molecule has 0 heterocycles. The molecule has 3 heteroatoms. The maximum absolute atomic E-state index is 6.49. The van der Waals surface area contributed by atoms with E-state index in [0.29, 0.717) is 57.8 Å². The van der Waals surface area contributed by atoms with Gasteiger partial charge in [0.25, 0.3) is 0 Å². The predicted octanol–water partition coefficient (Wildman–Crippen LogP) is 13.5. The van der Waals surface area contributed by atoms with Crippen LogP contribution < -0.4 is 0 Å². The summed E-state index contributed by atoms with van der Waals surface area (Å²) in [7, 11) is 2.64. The monoisotopic (exact) mass is 737 g/mol. The molecule has 2 fully saturated rings. The second kappa shape index (κ2) is 15.1. The van der Waals surface area contributed by atoms with E-state index >= 15 is 0 Å². The molecule has 0 aliphatic heterocycles. The van der Waals surface area contributed by atoms with E-state index in [9.17, 15) is 0 Å². The summed E-state index contributed by atoms with van der Waals surface area (Å²) in [6, 6.07) is 22.5. The SMILES string of the molecule is COC1=C(c2ccccc2)C2CC(CC(C)C)C(S(C)(C)C3C(CC(C)C)CC4C(c5ccccc5)=C(OC)C(C(C)(C)C)=CC43)C2C=C1C(C)(C)C. The van der Waals surface area contributed by atoms with Crippen molar-refractivity contribution in [3.8, 4) is 0 Å². The molecular formula is C50H72O2S. The Balaban J connectivity index is 1.56. The Kier molecular flexibility index (Phi) is 11.4. The molecule has 2 saturated carbocycles. The van der Waals surface area contributed by atoms with E-state index < -0.39 is 10.0 Å². The summed E-state index contributed by atoms with van der Waals surface area (Å²) in [4.78, 5) is 0. The van der Waals surface area contributed by atoms with Crippen molar-refractivity contribution in [3.05, 3.63) is 107 Å². The normalized spacial score (nSPS) is 29.7. The molecule has 8 atom stereocenters. The van der Waals surface area contributed by atoms with Crippen LogP contribution in [0.4, 0.5) is 0 Å². The summed E-state index contributed by atoms with van der Waals surface area (Å²) in [5, 5.41) is 1.28. The lowest BCUT2D eigenvalue weighted by Crippen LogP contribution is -2.41. The second-order valence-corrected chi connectivity index (χ2v) is 24.4. The van der Waals surface area contributed by atoms with Crippen LogP contribution in [0.3, 0.4) is 0 Å². The minimum atomic E-state index is -1.18. The quantitative estimate of drug-likeness (QED) is 0.242. The Bertz CT molecular complexity index is 1600. The number of rotatable bonds is 10. The van der Waals surface area contributed by atoms with Gasteiger partial charge < -0.3 is 9.47 Å². The van der Waals surface area contributed by atoms with Crippen LogP contribution in [0.5, 0.6) is 0 Å². The Morgan fingerprint density at radius 3 is 1.21 bits per heavy atom. The van der Waals surface area contributed by atoms with Crippen molar-refractivity contribution >= 4 is 21.2 Å². The van der Waals surface area contributed by atoms with Crippen LogP contribution in [0.2, 0.25) is 0 Å². The molecular weight excluding hydrogens is 665 g/mol. The van der Waals surface area contributed by atoms with Crippen molar-refractivity contribution < 1.29 is 9.47 Å². The van der Waals surface area contributed by atoms with E-state index in [1.165, 1.54) is 59.1 Å². The van der Waals surface area contributed by atoms with Crippen LogP contribution in [0.1, 0.15) is 106 Å². The van der Waals surface area contributed by atoms with Gasteiger partial charge in [-0.1, -0.05) is 142 Å². The Hall–Kier alpha value is -2.65. The molecule has 2 aromatic rings. The molecule has 0 aromatic heterocycles.